The van der Waals surface area contributed by atoms with Gasteiger partial charge in [0.15, 0.2) is 11.5 Å². The summed E-state index contributed by atoms with van der Waals surface area (Å²) in [6.45, 7) is 2.23. The summed E-state index contributed by atoms with van der Waals surface area (Å²) in [6.07, 6.45) is 2.26. The Morgan fingerprint density at radius 1 is 1.07 bits per heavy atom. The van der Waals surface area contributed by atoms with Crippen molar-refractivity contribution >= 4 is 11.6 Å². The first kappa shape index (κ1) is 15.3. The zero-order chi connectivity index (χ0) is 18.0. The van der Waals surface area contributed by atoms with E-state index >= 15 is 0 Å². The molecule has 0 aliphatic carbocycles. The lowest BCUT2D eigenvalue weighted by Crippen LogP contribution is -2.46. The van der Waals surface area contributed by atoms with Gasteiger partial charge in [0.05, 0.1) is 0 Å². The minimum absolute atomic E-state index is 0.0926. The van der Waals surface area contributed by atoms with E-state index in [1.54, 1.807) is 0 Å². The summed E-state index contributed by atoms with van der Waals surface area (Å²) in [4.78, 5) is 15.7. The van der Waals surface area contributed by atoms with Crippen LogP contribution in [0.1, 0.15) is 24.0 Å². The summed E-state index contributed by atoms with van der Waals surface area (Å²) in [5.74, 6) is 2.16. The number of benzene rings is 2. The Balaban J connectivity index is 1.49. The summed E-state index contributed by atoms with van der Waals surface area (Å²) < 4.78 is 17.1. The molecule has 1 fully saturated rings. The van der Waals surface area contributed by atoms with Gasteiger partial charge in [0.1, 0.15) is 17.8 Å². The van der Waals surface area contributed by atoms with E-state index in [0.717, 1.165) is 36.2 Å². The van der Waals surface area contributed by atoms with Gasteiger partial charge in [0, 0.05) is 29.9 Å². The Labute approximate surface area is 157 Å². The average molecular weight is 364 g/mol. The van der Waals surface area contributed by atoms with Gasteiger partial charge in [-0.1, -0.05) is 18.2 Å². The average Bonchev–Trinajstić information content (AvgIpc) is 3.46. The predicted octanol–water partition coefficient (Wildman–Crippen LogP) is 2.19. The molecule has 6 nitrogen and oxygen atoms in total. The topological polar surface area (TPSA) is 60.0 Å². The summed E-state index contributed by atoms with van der Waals surface area (Å²) in [5.41, 5.74) is 2.09. The quantitative estimate of drug-likeness (QED) is 0.885. The van der Waals surface area contributed by atoms with E-state index < -0.39 is 5.41 Å². The second-order valence-corrected chi connectivity index (χ2v) is 7.62. The largest absolute Gasteiger partial charge is 0.491 e. The molecule has 1 amide bonds. The lowest BCUT2D eigenvalue weighted by molar-refractivity contribution is -0.122. The van der Waals surface area contributed by atoms with E-state index in [0.29, 0.717) is 36.4 Å². The molecule has 2 aromatic carbocycles. The number of amides is 1. The van der Waals surface area contributed by atoms with Crippen LogP contribution in [0.15, 0.2) is 36.4 Å². The number of nitrogens with one attached hydrogen (secondary N) is 1. The summed E-state index contributed by atoms with van der Waals surface area (Å²) in [5, 5.41) is 3.51. The molecule has 0 aromatic heterocycles. The Hall–Kier alpha value is -2.73. The van der Waals surface area contributed by atoms with Crippen molar-refractivity contribution in [3.63, 3.8) is 0 Å². The number of hydrogen-bond donors (Lipinski definition) is 1. The van der Waals surface area contributed by atoms with Gasteiger partial charge < -0.3 is 24.4 Å². The number of anilines is 1. The molecule has 1 unspecified atom stereocenters. The third-order valence-corrected chi connectivity index (χ3v) is 6.21. The van der Waals surface area contributed by atoms with E-state index in [-0.39, 0.29) is 12.7 Å². The summed E-state index contributed by atoms with van der Waals surface area (Å²) in [6, 6.07) is 12.2. The third kappa shape index (κ3) is 1.96. The van der Waals surface area contributed by atoms with E-state index in [1.165, 1.54) is 0 Å². The van der Waals surface area contributed by atoms with Gasteiger partial charge in [-0.2, -0.15) is 0 Å². The van der Waals surface area contributed by atoms with Crippen LogP contribution in [-0.4, -0.2) is 38.4 Å². The normalized spacial score (nSPS) is 27.2. The smallest absolute Gasteiger partial charge is 0.245 e. The molecule has 1 saturated heterocycles. The van der Waals surface area contributed by atoms with Gasteiger partial charge >= 0.3 is 0 Å². The molecular weight excluding hydrogens is 344 g/mol. The van der Waals surface area contributed by atoms with Gasteiger partial charge in [-0.15, -0.1) is 0 Å². The fraction of sp³-hybridized carbons (Fsp3) is 0.381. The van der Waals surface area contributed by atoms with E-state index in [2.05, 4.69) is 11.4 Å². The minimum atomic E-state index is -0.800. The van der Waals surface area contributed by atoms with Crippen molar-refractivity contribution in [2.24, 2.45) is 0 Å². The van der Waals surface area contributed by atoms with Crippen molar-refractivity contribution < 1.29 is 19.0 Å². The Kier molecular flexibility index (Phi) is 3.06. The van der Waals surface area contributed by atoms with Crippen LogP contribution in [0.25, 0.3) is 0 Å². The highest BCUT2D eigenvalue weighted by atomic mass is 16.7. The fourth-order valence-corrected chi connectivity index (χ4v) is 4.88. The van der Waals surface area contributed by atoms with E-state index in [9.17, 15) is 4.79 Å². The molecule has 1 spiro atoms. The first-order chi connectivity index (χ1) is 13.3. The van der Waals surface area contributed by atoms with E-state index in [1.807, 2.05) is 35.2 Å². The standard InChI is InChI=1S/C21H20N2O4/c24-20-21(11-25-17-9-19-18(8-15(17)21)26-12-27-19)14-5-1-2-6-16(14)23(20)10-13-4-3-7-22-13/h1-2,5-6,8-9,13,22H,3-4,7,10-12H2/t13-,21?/m0/s1. The first-order valence-corrected chi connectivity index (χ1v) is 9.49. The molecule has 1 N–H and O–H groups in total. The zero-order valence-corrected chi connectivity index (χ0v) is 14.9. The first-order valence-electron chi connectivity index (χ1n) is 9.49. The number of ether oxygens (including phenoxy) is 3. The zero-order valence-electron chi connectivity index (χ0n) is 14.9. The van der Waals surface area contributed by atoms with Crippen LogP contribution in [-0.2, 0) is 10.2 Å². The van der Waals surface area contributed by atoms with Gasteiger partial charge in [0.2, 0.25) is 12.7 Å². The molecule has 4 aliphatic rings. The molecule has 27 heavy (non-hydrogen) atoms. The molecule has 6 heteroatoms. The monoisotopic (exact) mass is 364 g/mol. The molecule has 4 aliphatic heterocycles. The van der Waals surface area contributed by atoms with Crippen LogP contribution in [0.2, 0.25) is 0 Å². The van der Waals surface area contributed by atoms with Gasteiger partial charge in [0.25, 0.3) is 0 Å². The highest BCUT2D eigenvalue weighted by molar-refractivity contribution is 6.11. The van der Waals surface area contributed by atoms with Crippen LogP contribution in [0.5, 0.6) is 17.2 Å². The van der Waals surface area contributed by atoms with Crippen LogP contribution in [0.3, 0.4) is 0 Å². The highest BCUT2D eigenvalue weighted by Gasteiger charge is 2.57. The molecule has 6 rings (SSSR count). The van der Waals surface area contributed by atoms with Crippen molar-refractivity contribution in [3.8, 4) is 17.2 Å². The number of carbonyl (C=O) groups is 1. The maximum absolute atomic E-state index is 13.8. The van der Waals surface area contributed by atoms with Crippen LogP contribution in [0.4, 0.5) is 5.69 Å². The maximum atomic E-state index is 13.8. The molecule has 2 aromatic rings. The second-order valence-electron chi connectivity index (χ2n) is 7.62. The second kappa shape index (κ2) is 5.39. The summed E-state index contributed by atoms with van der Waals surface area (Å²) >= 11 is 0. The molecule has 2 atom stereocenters. The molecule has 0 saturated carbocycles. The Bertz CT molecular complexity index is 953. The van der Waals surface area contributed by atoms with Crippen molar-refractivity contribution in [2.75, 3.05) is 31.4 Å². The molecule has 138 valence electrons. The lowest BCUT2D eigenvalue weighted by Gasteiger charge is -2.25. The van der Waals surface area contributed by atoms with Crippen molar-refractivity contribution in [1.82, 2.24) is 5.32 Å². The third-order valence-electron chi connectivity index (χ3n) is 6.21. The SMILES string of the molecule is O=C1N(C[C@@H]2CCCN2)c2ccccc2C12COc1cc3c(cc12)OCO3. The number of fused-ring (bicyclic) bond motifs is 5. The molecular formula is C21H20N2O4. The Morgan fingerprint density at radius 3 is 2.78 bits per heavy atom. The Morgan fingerprint density at radius 2 is 1.93 bits per heavy atom. The van der Waals surface area contributed by atoms with Gasteiger partial charge in [-0.25, -0.2) is 0 Å². The van der Waals surface area contributed by atoms with Crippen molar-refractivity contribution in [1.29, 1.82) is 0 Å². The predicted molar refractivity (Wildman–Crippen MR) is 98.7 cm³/mol. The highest BCUT2D eigenvalue weighted by Crippen LogP contribution is 2.55. The number of nitrogens with zero attached hydrogens (tertiary/aromatic N) is 1. The van der Waals surface area contributed by atoms with E-state index in [4.69, 9.17) is 14.2 Å². The number of para-hydroxylation sites is 1. The van der Waals surface area contributed by atoms with Gasteiger partial charge in [-0.05, 0) is 37.1 Å². The fourth-order valence-electron chi connectivity index (χ4n) is 4.88. The van der Waals surface area contributed by atoms with Crippen LogP contribution < -0.4 is 24.4 Å². The number of rotatable bonds is 2. The van der Waals surface area contributed by atoms with Gasteiger partial charge in [-0.3, -0.25) is 4.79 Å². The summed E-state index contributed by atoms with van der Waals surface area (Å²) in [7, 11) is 0. The van der Waals surface area contributed by atoms with Crippen molar-refractivity contribution in [2.45, 2.75) is 24.3 Å². The molecule has 0 radical (unpaired) electrons. The molecule has 4 heterocycles. The minimum Gasteiger partial charge on any atom is -0.491 e. The van der Waals surface area contributed by atoms with Crippen LogP contribution >= 0.6 is 0 Å². The number of hydrogen-bond acceptors (Lipinski definition) is 5. The van der Waals surface area contributed by atoms with Crippen LogP contribution in [0, 0.1) is 0 Å². The molecule has 0 bridgehead atoms. The lowest BCUT2D eigenvalue weighted by atomic mass is 9.77. The number of carbonyl (C=O) groups excluding carboxylic acids is 1. The van der Waals surface area contributed by atoms with Crippen molar-refractivity contribution in [3.05, 3.63) is 47.5 Å². The maximum Gasteiger partial charge on any atom is 0.245 e.